The van der Waals surface area contributed by atoms with Crippen LogP contribution in [0.1, 0.15) is 23.1 Å². The molecular formula is C11H13ClN2. The molecule has 1 unspecified atom stereocenters. The van der Waals surface area contributed by atoms with Gasteiger partial charge >= 0.3 is 0 Å². The molecule has 1 atom stereocenters. The minimum Gasteiger partial charge on any atom is -0.327 e. The number of hydrogen-bond donors (Lipinski definition) is 1. The SMILES string of the molecule is Cl.N#Cc1ccc2c(c1)CCC(N)C2. The number of nitrogens with two attached hydrogens (primary N) is 1. The van der Waals surface area contributed by atoms with E-state index < -0.39 is 0 Å². The number of fused-ring (bicyclic) bond motifs is 1. The van der Waals surface area contributed by atoms with E-state index in [-0.39, 0.29) is 12.4 Å². The summed E-state index contributed by atoms with van der Waals surface area (Å²) in [6.45, 7) is 0. The van der Waals surface area contributed by atoms with Gasteiger partial charge in [-0.3, -0.25) is 0 Å². The first-order valence-electron chi connectivity index (χ1n) is 4.57. The molecule has 0 fully saturated rings. The van der Waals surface area contributed by atoms with Crippen LogP contribution in [0.15, 0.2) is 18.2 Å². The molecule has 0 aliphatic heterocycles. The first kappa shape index (κ1) is 11.0. The Morgan fingerprint density at radius 3 is 2.86 bits per heavy atom. The second-order valence-electron chi connectivity index (χ2n) is 3.60. The first-order chi connectivity index (χ1) is 6.29. The number of hydrogen-bond acceptors (Lipinski definition) is 2. The third kappa shape index (κ3) is 2.06. The van der Waals surface area contributed by atoms with Gasteiger partial charge in [0.1, 0.15) is 0 Å². The molecule has 2 rings (SSSR count). The van der Waals surface area contributed by atoms with E-state index >= 15 is 0 Å². The monoisotopic (exact) mass is 208 g/mol. The molecular weight excluding hydrogens is 196 g/mol. The molecule has 74 valence electrons. The molecule has 1 aromatic carbocycles. The summed E-state index contributed by atoms with van der Waals surface area (Å²) in [5.74, 6) is 0. The molecule has 1 aliphatic rings. The third-order valence-corrected chi connectivity index (χ3v) is 2.60. The van der Waals surface area contributed by atoms with Gasteiger partial charge in [0, 0.05) is 6.04 Å². The van der Waals surface area contributed by atoms with Crippen LogP contribution in [0, 0.1) is 11.3 Å². The molecule has 0 aromatic heterocycles. The first-order valence-corrected chi connectivity index (χ1v) is 4.57. The molecule has 14 heavy (non-hydrogen) atoms. The van der Waals surface area contributed by atoms with E-state index in [9.17, 15) is 0 Å². The quantitative estimate of drug-likeness (QED) is 0.707. The molecule has 0 bridgehead atoms. The van der Waals surface area contributed by atoms with Gasteiger partial charge < -0.3 is 5.73 Å². The molecule has 0 heterocycles. The Labute approximate surface area is 90.1 Å². The lowest BCUT2D eigenvalue weighted by Crippen LogP contribution is -2.27. The van der Waals surface area contributed by atoms with Crippen LogP contribution < -0.4 is 5.73 Å². The third-order valence-electron chi connectivity index (χ3n) is 2.60. The van der Waals surface area contributed by atoms with Crippen LogP contribution in [0.25, 0.3) is 0 Å². The van der Waals surface area contributed by atoms with Crippen LogP contribution in [0.4, 0.5) is 0 Å². The van der Waals surface area contributed by atoms with Crippen molar-refractivity contribution < 1.29 is 0 Å². The van der Waals surface area contributed by atoms with Crippen molar-refractivity contribution in [2.45, 2.75) is 25.3 Å². The van der Waals surface area contributed by atoms with Crippen LogP contribution in [-0.4, -0.2) is 6.04 Å². The van der Waals surface area contributed by atoms with Gasteiger partial charge in [0.2, 0.25) is 0 Å². The van der Waals surface area contributed by atoms with E-state index in [1.54, 1.807) is 0 Å². The molecule has 2 N–H and O–H groups in total. The van der Waals surface area contributed by atoms with Gasteiger partial charge in [0.25, 0.3) is 0 Å². The highest BCUT2D eigenvalue weighted by Gasteiger charge is 2.14. The fourth-order valence-electron chi connectivity index (χ4n) is 1.85. The summed E-state index contributed by atoms with van der Waals surface area (Å²) in [7, 11) is 0. The zero-order valence-electron chi connectivity index (χ0n) is 7.86. The molecule has 0 saturated heterocycles. The lowest BCUT2D eigenvalue weighted by atomic mass is 9.88. The number of rotatable bonds is 0. The highest BCUT2D eigenvalue weighted by molar-refractivity contribution is 5.85. The largest absolute Gasteiger partial charge is 0.327 e. The predicted molar refractivity (Wildman–Crippen MR) is 58.4 cm³/mol. The molecule has 0 saturated carbocycles. The minimum absolute atomic E-state index is 0. The summed E-state index contributed by atoms with van der Waals surface area (Å²) < 4.78 is 0. The van der Waals surface area contributed by atoms with Crippen molar-refractivity contribution >= 4 is 12.4 Å². The smallest absolute Gasteiger partial charge is 0.0991 e. The molecule has 3 heteroatoms. The maximum absolute atomic E-state index is 8.72. The van der Waals surface area contributed by atoms with E-state index in [4.69, 9.17) is 11.0 Å². The van der Waals surface area contributed by atoms with Gasteiger partial charge in [0.05, 0.1) is 11.6 Å². The van der Waals surface area contributed by atoms with Crippen molar-refractivity contribution in [2.75, 3.05) is 0 Å². The van der Waals surface area contributed by atoms with Crippen molar-refractivity contribution in [3.05, 3.63) is 34.9 Å². The fraction of sp³-hybridized carbons (Fsp3) is 0.364. The van der Waals surface area contributed by atoms with Crippen LogP contribution in [0.3, 0.4) is 0 Å². The summed E-state index contributed by atoms with van der Waals surface area (Å²) in [5, 5.41) is 8.72. The van der Waals surface area contributed by atoms with Gasteiger partial charge in [-0.2, -0.15) is 5.26 Å². The molecule has 0 amide bonds. The standard InChI is InChI=1S/C11H12N2.ClH/c12-7-8-1-2-10-6-11(13)4-3-9(10)5-8;/h1-2,5,11H,3-4,6,13H2;1H. The predicted octanol–water partition coefficient (Wildman–Crippen LogP) is 1.80. The molecule has 0 spiro atoms. The average Bonchev–Trinajstić information content (AvgIpc) is 2.17. The van der Waals surface area contributed by atoms with Crippen LogP contribution in [-0.2, 0) is 12.8 Å². The van der Waals surface area contributed by atoms with Crippen LogP contribution in [0.2, 0.25) is 0 Å². The number of halogens is 1. The van der Waals surface area contributed by atoms with E-state index in [2.05, 4.69) is 6.07 Å². The average molecular weight is 209 g/mol. The molecule has 0 radical (unpaired) electrons. The topological polar surface area (TPSA) is 49.8 Å². The summed E-state index contributed by atoms with van der Waals surface area (Å²) in [5.41, 5.74) is 9.24. The zero-order valence-corrected chi connectivity index (χ0v) is 8.68. The van der Waals surface area contributed by atoms with E-state index in [1.165, 1.54) is 11.1 Å². The Hall–Kier alpha value is -1.04. The van der Waals surface area contributed by atoms with Crippen molar-refractivity contribution in [1.29, 1.82) is 5.26 Å². The lowest BCUT2D eigenvalue weighted by molar-refractivity contribution is 0.576. The van der Waals surface area contributed by atoms with Crippen molar-refractivity contribution in [1.82, 2.24) is 0 Å². The maximum atomic E-state index is 8.72. The number of aryl methyl sites for hydroxylation is 1. The maximum Gasteiger partial charge on any atom is 0.0991 e. The molecule has 1 aliphatic carbocycles. The van der Waals surface area contributed by atoms with Crippen LogP contribution in [0.5, 0.6) is 0 Å². The van der Waals surface area contributed by atoms with Gasteiger partial charge in [-0.05, 0) is 42.5 Å². The van der Waals surface area contributed by atoms with Crippen LogP contribution >= 0.6 is 12.4 Å². The summed E-state index contributed by atoms with van der Waals surface area (Å²) >= 11 is 0. The number of benzene rings is 1. The Morgan fingerprint density at radius 1 is 1.36 bits per heavy atom. The normalized spacial score (nSPS) is 19.0. The fourth-order valence-corrected chi connectivity index (χ4v) is 1.85. The summed E-state index contributed by atoms with van der Waals surface area (Å²) in [6, 6.07) is 8.36. The number of nitriles is 1. The Morgan fingerprint density at radius 2 is 2.14 bits per heavy atom. The van der Waals surface area contributed by atoms with Gasteiger partial charge in [0.15, 0.2) is 0 Å². The van der Waals surface area contributed by atoms with E-state index in [0.29, 0.717) is 6.04 Å². The summed E-state index contributed by atoms with van der Waals surface area (Å²) in [4.78, 5) is 0. The Kier molecular flexibility index (Phi) is 3.51. The van der Waals surface area contributed by atoms with Crippen molar-refractivity contribution in [3.8, 4) is 6.07 Å². The van der Waals surface area contributed by atoms with E-state index in [1.807, 2.05) is 18.2 Å². The molecule has 1 aromatic rings. The molecule has 2 nitrogen and oxygen atoms in total. The van der Waals surface area contributed by atoms with Gasteiger partial charge in [-0.25, -0.2) is 0 Å². The highest BCUT2D eigenvalue weighted by atomic mass is 35.5. The Bertz CT molecular complexity index is 368. The Balaban J connectivity index is 0.000000980. The lowest BCUT2D eigenvalue weighted by Gasteiger charge is -2.21. The second-order valence-corrected chi connectivity index (χ2v) is 3.60. The van der Waals surface area contributed by atoms with Gasteiger partial charge in [-0.1, -0.05) is 6.07 Å². The van der Waals surface area contributed by atoms with Crippen molar-refractivity contribution in [2.24, 2.45) is 5.73 Å². The number of nitrogens with zero attached hydrogens (tertiary/aromatic N) is 1. The van der Waals surface area contributed by atoms with E-state index in [0.717, 1.165) is 24.8 Å². The zero-order chi connectivity index (χ0) is 9.26. The second kappa shape index (κ2) is 4.45. The van der Waals surface area contributed by atoms with Gasteiger partial charge in [-0.15, -0.1) is 12.4 Å². The summed E-state index contributed by atoms with van der Waals surface area (Å²) in [6.07, 6.45) is 3.02. The van der Waals surface area contributed by atoms with Crippen molar-refractivity contribution in [3.63, 3.8) is 0 Å². The minimum atomic E-state index is 0. The highest BCUT2D eigenvalue weighted by Crippen LogP contribution is 2.21.